The molecule has 3 N–H and O–H groups in total. The van der Waals surface area contributed by atoms with Crippen LogP contribution in [0.3, 0.4) is 0 Å². The summed E-state index contributed by atoms with van der Waals surface area (Å²) in [4.78, 5) is 33.9. The van der Waals surface area contributed by atoms with Crippen molar-refractivity contribution in [3.05, 3.63) is 0 Å². The van der Waals surface area contributed by atoms with E-state index in [9.17, 15) is 14.4 Å². The quantitative estimate of drug-likeness (QED) is 0.604. The van der Waals surface area contributed by atoms with Gasteiger partial charge in [0.1, 0.15) is 6.04 Å². The largest absolute Gasteiger partial charge is 0.480 e. The molecule has 0 aromatic rings. The van der Waals surface area contributed by atoms with Crippen molar-refractivity contribution in [3.8, 4) is 0 Å². The number of rotatable bonds is 7. The Bertz CT molecular complexity index is 396. The lowest BCUT2D eigenvalue weighted by Gasteiger charge is -2.27. The fourth-order valence-corrected chi connectivity index (χ4v) is 3.29. The van der Waals surface area contributed by atoms with Crippen LogP contribution in [0.25, 0.3) is 0 Å². The predicted molar refractivity (Wildman–Crippen MR) is 79.3 cm³/mol. The summed E-state index contributed by atoms with van der Waals surface area (Å²) in [5.74, 6) is -1.95. The number of amides is 2. The first-order valence-corrected chi connectivity index (χ1v) is 8.04. The molecular weight excluding hydrogens is 296 g/mol. The molecule has 1 aliphatic carbocycles. The summed E-state index contributed by atoms with van der Waals surface area (Å²) in [6.45, 7) is 0.491. The lowest BCUT2D eigenvalue weighted by Crippen LogP contribution is -2.49. The Hall–Kier alpha value is -1.44. The van der Waals surface area contributed by atoms with Crippen LogP contribution in [0.1, 0.15) is 32.1 Å². The van der Waals surface area contributed by atoms with Crippen molar-refractivity contribution in [2.45, 2.75) is 42.9 Å². The van der Waals surface area contributed by atoms with Gasteiger partial charge in [-0.3, -0.25) is 4.79 Å². The number of nitrogens with one attached hydrogen (secondary N) is 2. The number of hydrogen-bond donors (Lipinski definition) is 3. The van der Waals surface area contributed by atoms with Gasteiger partial charge in [0.2, 0.25) is 0 Å². The molecule has 0 aromatic heterocycles. The van der Waals surface area contributed by atoms with Crippen molar-refractivity contribution in [2.75, 3.05) is 19.9 Å². The molecule has 21 heavy (non-hydrogen) atoms. The molecule has 0 aliphatic heterocycles. The number of carbonyl (C=O) groups is 3. The third kappa shape index (κ3) is 5.45. The van der Waals surface area contributed by atoms with Crippen LogP contribution in [0.5, 0.6) is 0 Å². The van der Waals surface area contributed by atoms with Crippen LogP contribution < -0.4 is 10.6 Å². The Labute approximate surface area is 128 Å². The van der Waals surface area contributed by atoms with Crippen molar-refractivity contribution < 1.29 is 24.2 Å². The number of aliphatic carboxylic acids is 1. The van der Waals surface area contributed by atoms with Gasteiger partial charge in [0.05, 0.1) is 13.5 Å². The first-order valence-electron chi connectivity index (χ1n) is 6.81. The van der Waals surface area contributed by atoms with E-state index in [0.29, 0.717) is 6.54 Å². The zero-order chi connectivity index (χ0) is 15.9. The van der Waals surface area contributed by atoms with Gasteiger partial charge in [-0.05, 0) is 19.1 Å². The lowest BCUT2D eigenvalue weighted by atomic mass is 10.1. The summed E-state index contributed by atoms with van der Waals surface area (Å²) < 4.78 is 4.45. The van der Waals surface area contributed by atoms with Crippen LogP contribution in [0.4, 0.5) is 4.79 Å². The van der Waals surface area contributed by atoms with Crippen molar-refractivity contribution in [2.24, 2.45) is 0 Å². The van der Waals surface area contributed by atoms with Crippen LogP contribution in [0, 0.1) is 0 Å². The van der Waals surface area contributed by atoms with Crippen LogP contribution in [0.2, 0.25) is 0 Å². The van der Waals surface area contributed by atoms with Crippen LogP contribution in [-0.4, -0.2) is 53.8 Å². The molecule has 1 atom stereocenters. The number of esters is 1. The molecule has 0 radical (unpaired) electrons. The third-order valence-electron chi connectivity index (χ3n) is 3.72. The highest BCUT2D eigenvalue weighted by Crippen LogP contribution is 2.39. The second kappa shape index (κ2) is 8.11. The Morgan fingerprint density at radius 2 is 1.95 bits per heavy atom. The van der Waals surface area contributed by atoms with Gasteiger partial charge in [-0.15, -0.1) is 0 Å². The average molecular weight is 318 g/mol. The number of urea groups is 1. The van der Waals surface area contributed by atoms with E-state index >= 15 is 0 Å². The summed E-state index contributed by atoms with van der Waals surface area (Å²) in [6.07, 6.45) is 5.99. The number of thioether (sulfide) groups is 1. The monoisotopic (exact) mass is 318 g/mol. The van der Waals surface area contributed by atoms with Gasteiger partial charge >= 0.3 is 18.0 Å². The molecule has 0 bridgehead atoms. The summed E-state index contributed by atoms with van der Waals surface area (Å²) >= 11 is 1.73. The minimum absolute atomic E-state index is 0.0401. The lowest BCUT2D eigenvalue weighted by molar-refractivity contribution is -0.147. The standard InChI is InChI=1S/C13H22N2O5S/c1-20-10(16)7-9(11(17)18)15-12(19)14-8-13(21-2)5-3-4-6-13/h9H,3-8H2,1-2H3,(H,17,18)(H2,14,15,19)/t9-/m0/s1. The van der Waals surface area contributed by atoms with Gasteiger partial charge in [0.25, 0.3) is 0 Å². The van der Waals surface area contributed by atoms with Gasteiger partial charge in [0.15, 0.2) is 0 Å². The molecule has 8 heteroatoms. The highest BCUT2D eigenvalue weighted by atomic mass is 32.2. The van der Waals surface area contributed by atoms with Crippen LogP contribution in [0.15, 0.2) is 0 Å². The maximum absolute atomic E-state index is 11.8. The van der Waals surface area contributed by atoms with Crippen LogP contribution in [-0.2, 0) is 14.3 Å². The summed E-state index contributed by atoms with van der Waals surface area (Å²) in [7, 11) is 1.17. The minimum Gasteiger partial charge on any atom is -0.480 e. The molecule has 1 fully saturated rings. The van der Waals surface area contributed by atoms with Crippen molar-refractivity contribution in [1.82, 2.24) is 10.6 Å². The fourth-order valence-electron chi connectivity index (χ4n) is 2.37. The maximum Gasteiger partial charge on any atom is 0.326 e. The van der Waals surface area contributed by atoms with E-state index < -0.39 is 30.4 Å². The van der Waals surface area contributed by atoms with Gasteiger partial charge in [0, 0.05) is 11.3 Å². The van der Waals surface area contributed by atoms with Gasteiger partial charge in [-0.25, -0.2) is 9.59 Å². The zero-order valence-electron chi connectivity index (χ0n) is 12.3. The van der Waals surface area contributed by atoms with E-state index in [1.54, 1.807) is 11.8 Å². The summed E-state index contributed by atoms with van der Waals surface area (Å²) in [5.41, 5.74) is 0. The first-order chi connectivity index (χ1) is 9.92. The molecule has 0 spiro atoms. The molecule has 1 aliphatic rings. The Morgan fingerprint density at radius 3 is 2.43 bits per heavy atom. The molecule has 0 aromatic carbocycles. The van der Waals surface area contributed by atoms with E-state index in [4.69, 9.17) is 5.11 Å². The Balaban J connectivity index is 2.46. The van der Waals surface area contributed by atoms with Gasteiger partial charge < -0.3 is 20.5 Å². The fraction of sp³-hybridized carbons (Fsp3) is 0.769. The average Bonchev–Trinajstić information content (AvgIpc) is 2.93. The number of carboxylic acid groups (broad SMARTS) is 1. The molecule has 7 nitrogen and oxygen atoms in total. The SMILES string of the molecule is COC(=O)C[C@H](NC(=O)NCC1(SC)CCCC1)C(=O)O. The Kier molecular flexibility index (Phi) is 6.80. The molecule has 120 valence electrons. The van der Waals surface area contributed by atoms with Crippen molar-refractivity contribution in [1.29, 1.82) is 0 Å². The van der Waals surface area contributed by atoms with E-state index in [1.807, 2.05) is 6.26 Å². The second-order valence-electron chi connectivity index (χ2n) is 5.09. The van der Waals surface area contributed by atoms with E-state index in [0.717, 1.165) is 25.7 Å². The zero-order valence-corrected chi connectivity index (χ0v) is 13.1. The molecule has 0 heterocycles. The number of methoxy groups -OCH3 is 1. The Morgan fingerprint density at radius 1 is 1.33 bits per heavy atom. The van der Waals surface area contributed by atoms with Gasteiger partial charge in [-0.2, -0.15) is 11.8 Å². The third-order valence-corrected chi connectivity index (χ3v) is 5.14. The molecule has 1 rings (SSSR count). The number of ether oxygens (including phenoxy) is 1. The molecule has 0 saturated heterocycles. The topological polar surface area (TPSA) is 105 Å². The predicted octanol–water partition coefficient (Wildman–Crippen LogP) is 0.978. The van der Waals surface area contributed by atoms with E-state index in [2.05, 4.69) is 15.4 Å². The molecule has 2 amide bonds. The van der Waals surface area contributed by atoms with Crippen molar-refractivity contribution >= 4 is 29.7 Å². The normalized spacial score (nSPS) is 17.8. The highest BCUT2D eigenvalue weighted by molar-refractivity contribution is 8.00. The summed E-state index contributed by atoms with van der Waals surface area (Å²) in [6, 6.07) is -1.86. The van der Waals surface area contributed by atoms with Gasteiger partial charge in [-0.1, -0.05) is 12.8 Å². The second-order valence-corrected chi connectivity index (χ2v) is 6.37. The highest BCUT2D eigenvalue weighted by Gasteiger charge is 2.33. The van der Waals surface area contributed by atoms with Crippen molar-refractivity contribution in [3.63, 3.8) is 0 Å². The molecule has 1 saturated carbocycles. The molecular formula is C13H22N2O5S. The number of carbonyl (C=O) groups excluding carboxylic acids is 2. The number of hydrogen-bond acceptors (Lipinski definition) is 5. The number of carboxylic acids is 1. The first kappa shape index (κ1) is 17.6. The van der Waals surface area contributed by atoms with Crippen LogP contribution >= 0.6 is 11.8 Å². The van der Waals surface area contributed by atoms with E-state index in [1.165, 1.54) is 7.11 Å². The molecule has 0 unspecified atom stereocenters. The summed E-state index contributed by atoms with van der Waals surface area (Å²) in [5, 5.41) is 14.0. The smallest absolute Gasteiger partial charge is 0.326 e. The minimum atomic E-state index is -1.29. The van der Waals surface area contributed by atoms with E-state index in [-0.39, 0.29) is 4.75 Å². The maximum atomic E-state index is 11.8.